The average Bonchev–Trinajstić information content (AvgIpc) is 2.78. The maximum Gasteiger partial charge on any atom is 0.416 e. The fourth-order valence-electron chi connectivity index (χ4n) is 3.46. The van der Waals surface area contributed by atoms with Gasteiger partial charge in [-0.25, -0.2) is 4.98 Å². The van der Waals surface area contributed by atoms with Gasteiger partial charge < -0.3 is 25.3 Å². The maximum absolute atomic E-state index is 13.2. The van der Waals surface area contributed by atoms with Gasteiger partial charge in [0.1, 0.15) is 5.75 Å². The molecule has 0 saturated heterocycles. The molecule has 6 nitrogen and oxygen atoms in total. The number of anilines is 1. The van der Waals surface area contributed by atoms with Crippen molar-refractivity contribution >= 4 is 29.1 Å². The van der Waals surface area contributed by atoms with Crippen LogP contribution in [0.25, 0.3) is 10.8 Å². The van der Waals surface area contributed by atoms with Gasteiger partial charge in [0, 0.05) is 17.6 Å². The number of pyridine rings is 1. The Labute approximate surface area is 195 Å². The molecule has 0 radical (unpaired) electrons. The number of thiol groups is 1. The molecule has 2 aromatic carbocycles. The zero-order chi connectivity index (χ0) is 24.2. The molecule has 0 aliphatic carbocycles. The minimum absolute atomic E-state index is 0.0235. The van der Waals surface area contributed by atoms with Gasteiger partial charge in [-0.2, -0.15) is 25.8 Å². The molecule has 0 fully saturated rings. The first-order chi connectivity index (χ1) is 15.7. The van der Waals surface area contributed by atoms with Gasteiger partial charge >= 0.3 is 6.18 Å². The van der Waals surface area contributed by atoms with Crippen LogP contribution >= 0.6 is 12.6 Å². The predicted molar refractivity (Wildman–Crippen MR) is 126 cm³/mol. The summed E-state index contributed by atoms with van der Waals surface area (Å²) in [5.41, 5.74) is 6.17. The standard InChI is InChI=1S/C23H26F3N3O3S/c1-13-12-28-22(31-3)20-16(29-18(33)8-5-9-27)11-17(30-2)21(19(13)20)32-15-7-4-6-14(10-15)23(24,25)26/h4,6-7,10-12,18,29,33H,5,8-9,27H2,1-3H3. The fraction of sp³-hybridized carbons (Fsp3) is 0.348. The van der Waals surface area contributed by atoms with Crippen molar-refractivity contribution in [3.63, 3.8) is 0 Å². The van der Waals surface area contributed by atoms with E-state index in [1.165, 1.54) is 26.4 Å². The van der Waals surface area contributed by atoms with Gasteiger partial charge in [0.15, 0.2) is 11.5 Å². The highest BCUT2D eigenvalue weighted by Gasteiger charge is 2.31. The van der Waals surface area contributed by atoms with E-state index in [2.05, 4.69) is 22.9 Å². The molecule has 0 spiro atoms. The molecular weight excluding hydrogens is 455 g/mol. The molecule has 1 aromatic heterocycles. The van der Waals surface area contributed by atoms with Gasteiger partial charge in [0.05, 0.1) is 36.2 Å². The Morgan fingerprint density at radius 2 is 1.91 bits per heavy atom. The zero-order valence-electron chi connectivity index (χ0n) is 18.5. The molecule has 3 rings (SSSR count). The predicted octanol–water partition coefficient (Wildman–Crippen LogP) is 5.78. The number of methoxy groups -OCH3 is 2. The Morgan fingerprint density at radius 3 is 2.55 bits per heavy atom. The number of halogens is 3. The van der Waals surface area contributed by atoms with E-state index in [-0.39, 0.29) is 16.9 Å². The van der Waals surface area contributed by atoms with Crippen molar-refractivity contribution in [3.05, 3.63) is 47.7 Å². The number of rotatable bonds is 9. The molecule has 1 heterocycles. The molecule has 3 aromatic rings. The Hall–Kier alpha value is -2.85. The van der Waals surface area contributed by atoms with E-state index in [4.69, 9.17) is 19.9 Å². The number of hydrogen-bond acceptors (Lipinski definition) is 7. The van der Waals surface area contributed by atoms with Crippen molar-refractivity contribution < 1.29 is 27.4 Å². The van der Waals surface area contributed by atoms with Crippen LogP contribution in [0, 0.1) is 6.92 Å². The molecule has 178 valence electrons. The molecule has 3 N–H and O–H groups in total. The second kappa shape index (κ2) is 10.4. The summed E-state index contributed by atoms with van der Waals surface area (Å²) in [6, 6.07) is 6.38. The topological polar surface area (TPSA) is 78.6 Å². The summed E-state index contributed by atoms with van der Waals surface area (Å²) >= 11 is 4.59. The summed E-state index contributed by atoms with van der Waals surface area (Å²) in [5.74, 6) is 0.940. The second-order valence-corrected chi connectivity index (χ2v) is 8.00. The third-order valence-electron chi connectivity index (χ3n) is 5.03. The SMILES string of the molecule is COc1cc(NC(S)CCCN)c2c(OC)ncc(C)c2c1Oc1cccc(C(F)(F)F)c1. The van der Waals surface area contributed by atoms with Crippen LogP contribution in [-0.2, 0) is 6.18 Å². The Kier molecular flexibility index (Phi) is 7.80. The lowest BCUT2D eigenvalue weighted by molar-refractivity contribution is -0.137. The molecular formula is C23H26F3N3O3S. The first kappa shape index (κ1) is 24.8. The highest BCUT2D eigenvalue weighted by molar-refractivity contribution is 7.81. The number of fused-ring (bicyclic) bond motifs is 1. The number of alkyl halides is 3. The van der Waals surface area contributed by atoms with Crippen LogP contribution in [0.4, 0.5) is 18.9 Å². The second-order valence-electron chi connectivity index (χ2n) is 7.37. The summed E-state index contributed by atoms with van der Waals surface area (Å²) in [4.78, 5) is 4.35. The van der Waals surface area contributed by atoms with E-state index in [9.17, 15) is 13.2 Å². The number of benzene rings is 2. The van der Waals surface area contributed by atoms with Crippen molar-refractivity contribution in [1.82, 2.24) is 4.98 Å². The maximum atomic E-state index is 13.2. The van der Waals surface area contributed by atoms with Crippen molar-refractivity contribution in [3.8, 4) is 23.1 Å². The molecule has 0 bridgehead atoms. The van der Waals surface area contributed by atoms with Crippen LogP contribution in [0.1, 0.15) is 24.0 Å². The molecule has 0 amide bonds. The highest BCUT2D eigenvalue weighted by atomic mass is 32.1. The van der Waals surface area contributed by atoms with Crippen LogP contribution in [0.2, 0.25) is 0 Å². The lowest BCUT2D eigenvalue weighted by Gasteiger charge is -2.22. The first-order valence-corrected chi connectivity index (χ1v) is 10.7. The number of aromatic nitrogens is 1. The van der Waals surface area contributed by atoms with Gasteiger partial charge in [-0.1, -0.05) is 6.07 Å². The number of hydrogen-bond donors (Lipinski definition) is 3. The number of aryl methyl sites for hydroxylation is 1. The summed E-state index contributed by atoms with van der Waals surface area (Å²) in [6.07, 6.45) is -1.39. The molecule has 1 unspecified atom stereocenters. The quantitative estimate of drug-likeness (QED) is 0.266. The van der Waals surface area contributed by atoms with Crippen LogP contribution < -0.4 is 25.3 Å². The Bertz CT molecular complexity index is 1130. The van der Waals surface area contributed by atoms with Gasteiger partial charge in [-0.05, 0) is 50.1 Å². The Balaban J connectivity index is 2.19. The fourth-order valence-corrected chi connectivity index (χ4v) is 3.78. The van der Waals surface area contributed by atoms with E-state index in [1.54, 1.807) is 12.3 Å². The van der Waals surface area contributed by atoms with Crippen molar-refractivity contribution in [1.29, 1.82) is 0 Å². The van der Waals surface area contributed by atoms with E-state index < -0.39 is 11.7 Å². The van der Waals surface area contributed by atoms with Gasteiger partial charge in [0.25, 0.3) is 0 Å². The van der Waals surface area contributed by atoms with Crippen molar-refractivity contribution in [2.45, 2.75) is 31.3 Å². The monoisotopic (exact) mass is 481 g/mol. The third-order valence-corrected chi connectivity index (χ3v) is 5.41. The largest absolute Gasteiger partial charge is 0.493 e. The van der Waals surface area contributed by atoms with Crippen LogP contribution in [0.3, 0.4) is 0 Å². The lowest BCUT2D eigenvalue weighted by Crippen LogP contribution is -2.15. The molecule has 0 saturated carbocycles. The highest BCUT2D eigenvalue weighted by Crippen LogP contribution is 2.47. The number of nitrogens with zero attached hydrogens (tertiary/aromatic N) is 1. The van der Waals surface area contributed by atoms with E-state index in [1.807, 2.05) is 6.92 Å². The number of nitrogens with one attached hydrogen (secondary N) is 1. The number of ether oxygens (including phenoxy) is 3. The normalized spacial score (nSPS) is 12.5. The van der Waals surface area contributed by atoms with Gasteiger partial charge in [-0.15, -0.1) is 0 Å². The summed E-state index contributed by atoms with van der Waals surface area (Å²) in [7, 11) is 2.95. The minimum atomic E-state index is -4.49. The van der Waals surface area contributed by atoms with E-state index >= 15 is 0 Å². The number of nitrogens with two attached hydrogens (primary N) is 1. The molecule has 0 aliphatic rings. The van der Waals surface area contributed by atoms with Crippen molar-refractivity contribution in [2.24, 2.45) is 5.73 Å². The first-order valence-electron chi connectivity index (χ1n) is 10.2. The third kappa shape index (κ3) is 5.56. The van der Waals surface area contributed by atoms with E-state index in [0.29, 0.717) is 41.1 Å². The van der Waals surface area contributed by atoms with Crippen LogP contribution in [-0.4, -0.2) is 31.1 Å². The van der Waals surface area contributed by atoms with Crippen molar-refractivity contribution in [2.75, 3.05) is 26.1 Å². The lowest BCUT2D eigenvalue weighted by atomic mass is 10.0. The minimum Gasteiger partial charge on any atom is -0.493 e. The average molecular weight is 482 g/mol. The van der Waals surface area contributed by atoms with E-state index in [0.717, 1.165) is 24.1 Å². The molecule has 0 aliphatic heterocycles. The molecule has 10 heteroatoms. The van der Waals surface area contributed by atoms with Gasteiger partial charge in [0.2, 0.25) is 5.88 Å². The Morgan fingerprint density at radius 1 is 1.15 bits per heavy atom. The zero-order valence-corrected chi connectivity index (χ0v) is 19.4. The molecule has 33 heavy (non-hydrogen) atoms. The van der Waals surface area contributed by atoms with Crippen LogP contribution in [0.5, 0.6) is 23.1 Å². The van der Waals surface area contributed by atoms with Gasteiger partial charge in [-0.3, -0.25) is 0 Å². The smallest absolute Gasteiger partial charge is 0.416 e. The molecule has 1 atom stereocenters. The summed E-state index contributed by atoms with van der Waals surface area (Å²) in [6.45, 7) is 2.36. The summed E-state index contributed by atoms with van der Waals surface area (Å²) in [5, 5.41) is 4.32. The summed E-state index contributed by atoms with van der Waals surface area (Å²) < 4.78 is 56.6. The van der Waals surface area contributed by atoms with Crippen LogP contribution in [0.15, 0.2) is 36.5 Å².